The van der Waals surface area contributed by atoms with Crippen LogP contribution in [0.1, 0.15) is 11.1 Å². The lowest BCUT2D eigenvalue weighted by atomic mass is 10.1. The molecule has 3 nitrogen and oxygen atoms in total. The molecule has 0 fully saturated rings. The maximum atomic E-state index is 5.30. The van der Waals surface area contributed by atoms with E-state index in [9.17, 15) is 0 Å². The van der Waals surface area contributed by atoms with Crippen molar-refractivity contribution in [2.24, 2.45) is 0 Å². The van der Waals surface area contributed by atoms with Crippen LogP contribution >= 0.6 is 0 Å². The van der Waals surface area contributed by atoms with Crippen LogP contribution in [0.3, 0.4) is 0 Å². The lowest BCUT2D eigenvalue weighted by Crippen LogP contribution is -1.98. The van der Waals surface area contributed by atoms with Gasteiger partial charge in [0.15, 0.2) is 11.5 Å². The minimum Gasteiger partial charge on any atom is -0.496 e. The average molecular weight is 208 g/mol. The Morgan fingerprint density at radius 1 is 1.07 bits per heavy atom. The summed E-state index contributed by atoms with van der Waals surface area (Å²) < 4.78 is 15.8. The molecule has 1 aromatic rings. The van der Waals surface area contributed by atoms with Crippen molar-refractivity contribution in [3.8, 4) is 17.2 Å². The van der Waals surface area contributed by atoms with Crippen LogP contribution in [0.5, 0.6) is 17.2 Å². The summed E-state index contributed by atoms with van der Waals surface area (Å²) in [6.45, 7) is 5.65. The fraction of sp³-hybridized carbons (Fsp3) is 0.333. The summed E-state index contributed by atoms with van der Waals surface area (Å²) >= 11 is 0. The highest BCUT2D eigenvalue weighted by atomic mass is 16.5. The summed E-state index contributed by atoms with van der Waals surface area (Å²) in [4.78, 5) is 0. The Labute approximate surface area is 90.3 Å². The van der Waals surface area contributed by atoms with Gasteiger partial charge in [0.05, 0.1) is 21.3 Å². The van der Waals surface area contributed by atoms with Gasteiger partial charge in [-0.2, -0.15) is 0 Å². The summed E-state index contributed by atoms with van der Waals surface area (Å²) in [5.41, 5.74) is 1.78. The lowest BCUT2D eigenvalue weighted by Gasteiger charge is -2.16. The first-order valence-electron chi connectivity index (χ1n) is 4.61. The topological polar surface area (TPSA) is 27.7 Å². The Hall–Kier alpha value is -1.64. The zero-order valence-electron chi connectivity index (χ0n) is 9.59. The highest BCUT2D eigenvalue weighted by Crippen LogP contribution is 2.40. The number of methoxy groups -OCH3 is 3. The predicted octanol–water partition coefficient (Wildman–Crippen LogP) is 2.66. The monoisotopic (exact) mass is 208 g/mol. The van der Waals surface area contributed by atoms with Crippen molar-refractivity contribution in [2.75, 3.05) is 21.3 Å². The normalized spacial score (nSPS) is 9.60. The molecule has 0 amide bonds. The van der Waals surface area contributed by atoms with E-state index in [1.54, 1.807) is 27.4 Å². The number of benzene rings is 1. The van der Waals surface area contributed by atoms with Gasteiger partial charge in [-0.3, -0.25) is 0 Å². The lowest BCUT2D eigenvalue weighted by molar-refractivity contribution is 0.345. The first kappa shape index (κ1) is 11.4. The molecule has 0 bridgehead atoms. The molecule has 0 saturated carbocycles. The molecule has 1 aromatic carbocycles. The van der Waals surface area contributed by atoms with Crippen molar-refractivity contribution in [3.63, 3.8) is 0 Å². The quantitative estimate of drug-likeness (QED) is 0.761. The zero-order chi connectivity index (χ0) is 11.4. The van der Waals surface area contributed by atoms with E-state index in [0.29, 0.717) is 11.5 Å². The number of hydrogen-bond acceptors (Lipinski definition) is 3. The Bertz CT molecular complexity index is 370. The van der Waals surface area contributed by atoms with Gasteiger partial charge in [-0.05, 0) is 13.0 Å². The Kier molecular flexibility index (Phi) is 3.61. The van der Waals surface area contributed by atoms with Gasteiger partial charge < -0.3 is 14.2 Å². The minimum absolute atomic E-state index is 0.686. The van der Waals surface area contributed by atoms with Gasteiger partial charge in [-0.15, -0.1) is 0 Å². The molecule has 0 aliphatic heterocycles. The van der Waals surface area contributed by atoms with E-state index in [4.69, 9.17) is 14.2 Å². The molecule has 82 valence electrons. The molecule has 0 saturated heterocycles. The zero-order valence-corrected chi connectivity index (χ0v) is 9.59. The van der Waals surface area contributed by atoms with E-state index < -0.39 is 0 Å². The predicted molar refractivity (Wildman–Crippen MR) is 60.9 cm³/mol. The van der Waals surface area contributed by atoms with Crippen LogP contribution in [-0.2, 0) is 0 Å². The van der Waals surface area contributed by atoms with Gasteiger partial charge in [-0.1, -0.05) is 12.7 Å². The third kappa shape index (κ3) is 1.91. The van der Waals surface area contributed by atoms with Crippen LogP contribution < -0.4 is 14.2 Å². The summed E-state index contributed by atoms with van der Waals surface area (Å²) in [7, 11) is 4.84. The van der Waals surface area contributed by atoms with Gasteiger partial charge in [0.2, 0.25) is 0 Å². The van der Waals surface area contributed by atoms with Crippen LogP contribution in [0, 0.1) is 6.92 Å². The molecule has 0 aliphatic carbocycles. The van der Waals surface area contributed by atoms with E-state index in [1.807, 2.05) is 13.0 Å². The molecule has 15 heavy (non-hydrogen) atoms. The molecule has 0 heterocycles. The van der Waals surface area contributed by atoms with E-state index in [1.165, 1.54) is 0 Å². The van der Waals surface area contributed by atoms with Crippen molar-refractivity contribution < 1.29 is 14.2 Å². The third-order valence-corrected chi connectivity index (χ3v) is 2.31. The van der Waals surface area contributed by atoms with E-state index in [2.05, 4.69) is 6.58 Å². The van der Waals surface area contributed by atoms with Crippen LogP contribution in [0.15, 0.2) is 12.6 Å². The summed E-state index contributed by atoms with van der Waals surface area (Å²) in [6, 6.07) is 1.88. The van der Waals surface area contributed by atoms with E-state index in [0.717, 1.165) is 16.9 Å². The van der Waals surface area contributed by atoms with Crippen LogP contribution in [0.25, 0.3) is 6.08 Å². The van der Waals surface area contributed by atoms with E-state index in [-0.39, 0.29) is 0 Å². The molecule has 1 rings (SSSR count). The van der Waals surface area contributed by atoms with Crippen molar-refractivity contribution in [2.45, 2.75) is 6.92 Å². The largest absolute Gasteiger partial charge is 0.496 e. The molecular weight excluding hydrogens is 192 g/mol. The van der Waals surface area contributed by atoms with Crippen LogP contribution in [-0.4, -0.2) is 21.3 Å². The molecule has 0 aromatic heterocycles. The second-order valence-corrected chi connectivity index (χ2v) is 3.06. The van der Waals surface area contributed by atoms with Crippen molar-refractivity contribution in [3.05, 3.63) is 23.8 Å². The van der Waals surface area contributed by atoms with Crippen molar-refractivity contribution >= 4 is 6.08 Å². The van der Waals surface area contributed by atoms with Crippen LogP contribution in [0.2, 0.25) is 0 Å². The molecule has 0 aliphatic rings. The molecule has 0 unspecified atom stereocenters. The summed E-state index contributed by atoms with van der Waals surface area (Å²) in [5, 5.41) is 0. The Morgan fingerprint density at radius 3 is 2.07 bits per heavy atom. The Morgan fingerprint density at radius 2 is 1.67 bits per heavy atom. The number of ether oxygens (including phenoxy) is 3. The minimum atomic E-state index is 0.686. The van der Waals surface area contributed by atoms with Crippen LogP contribution in [0.4, 0.5) is 0 Å². The van der Waals surface area contributed by atoms with Gasteiger partial charge in [-0.25, -0.2) is 0 Å². The van der Waals surface area contributed by atoms with Crippen molar-refractivity contribution in [1.29, 1.82) is 0 Å². The fourth-order valence-corrected chi connectivity index (χ4v) is 1.55. The molecule has 0 atom stereocenters. The number of hydrogen-bond donors (Lipinski definition) is 0. The fourth-order valence-electron chi connectivity index (χ4n) is 1.55. The average Bonchev–Trinajstić information content (AvgIpc) is 2.28. The van der Waals surface area contributed by atoms with Gasteiger partial charge in [0, 0.05) is 11.1 Å². The molecule has 0 spiro atoms. The SMILES string of the molecule is C=Cc1cc(OC)c(C)c(OC)c1OC. The molecular formula is C12H16O3. The highest BCUT2D eigenvalue weighted by molar-refractivity contribution is 5.67. The van der Waals surface area contributed by atoms with Gasteiger partial charge in [0.25, 0.3) is 0 Å². The smallest absolute Gasteiger partial charge is 0.168 e. The third-order valence-electron chi connectivity index (χ3n) is 2.31. The second-order valence-electron chi connectivity index (χ2n) is 3.06. The Balaban J connectivity index is 3.49. The van der Waals surface area contributed by atoms with Gasteiger partial charge in [0.1, 0.15) is 5.75 Å². The first-order valence-corrected chi connectivity index (χ1v) is 4.61. The number of rotatable bonds is 4. The maximum Gasteiger partial charge on any atom is 0.168 e. The molecule has 0 N–H and O–H groups in total. The van der Waals surface area contributed by atoms with Crippen molar-refractivity contribution in [1.82, 2.24) is 0 Å². The first-order chi connectivity index (χ1) is 7.19. The highest BCUT2D eigenvalue weighted by Gasteiger charge is 2.15. The maximum absolute atomic E-state index is 5.30. The van der Waals surface area contributed by atoms with E-state index >= 15 is 0 Å². The van der Waals surface area contributed by atoms with Gasteiger partial charge >= 0.3 is 0 Å². The summed E-state index contributed by atoms with van der Waals surface area (Å²) in [6.07, 6.45) is 1.71. The standard InChI is InChI=1S/C12H16O3/c1-6-9-7-10(13-3)8(2)11(14-4)12(9)15-5/h6-7H,1H2,2-5H3. The second kappa shape index (κ2) is 4.73. The molecule has 0 radical (unpaired) electrons. The molecule has 3 heteroatoms. The summed E-state index contributed by atoms with van der Waals surface area (Å²) in [5.74, 6) is 2.14.